The first-order valence-corrected chi connectivity index (χ1v) is 8.34. The molecule has 23 heavy (non-hydrogen) atoms. The molecule has 1 fully saturated rings. The molecule has 2 amide bonds. The molecule has 0 spiro atoms. The Balaban J connectivity index is 1.46. The number of fused-ring (bicyclic) bond motifs is 1. The van der Waals surface area contributed by atoms with Gasteiger partial charge in [-0.15, -0.1) is 0 Å². The van der Waals surface area contributed by atoms with Gasteiger partial charge in [-0.25, -0.2) is 9.31 Å². The van der Waals surface area contributed by atoms with Crippen LogP contribution in [0, 0.1) is 5.92 Å². The Labute approximate surface area is 136 Å². The van der Waals surface area contributed by atoms with Crippen LogP contribution in [0.2, 0.25) is 0 Å². The van der Waals surface area contributed by atoms with E-state index in [0.717, 1.165) is 30.7 Å². The van der Waals surface area contributed by atoms with E-state index < -0.39 is 0 Å². The number of urea groups is 1. The van der Waals surface area contributed by atoms with Gasteiger partial charge in [-0.1, -0.05) is 12.5 Å². The van der Waals surface area contributed by atoms with Crippen LogP contribution in [-0.4, -0.2) is 47.2 Å². The molecule has 1 aliphatic rings. The number of aromatic nitrogens is 2. The van der Waals surface area contributed by atoms with Crippen LogP contribution in [0.5, 0.6) is 0 Å². The lowest BCUT2D eigenvalue weighted by Gasteiger charge is -2.20. The second kappa shape index (κ2) is 7.46. The monoisotopic (exact) mass is 315 g/mol. The van der Waals surface area contributed by atoms with Crippen LogP contribution in [0.4, 0.5) is 4.79 Å². The van der Waals surface area contributed by atoms with Gasteiger partial charge >= 0.3 is 6.03 Å². The molecule has 124 valence electrons. The molecule has 6 nitrogen and oxygen atoms in total. The summed E-state index contributed by atoms with van der Waals surface area (Å²) in [5.74, 6) is 0.547. The molecular weight excluding hydrogens is 290 g/mol. The van der Waals surface area contributed by atoms with Gasteiger partial charge in [-0.3, -0.25) is 0 Å². The molecule has 1 saturated heterocycles. The highest BCUT2D eigenvalue weighted by atomic mass is 16.2. The molecule has 3 heterocycles. The van der Waals surface area contributed by atoms with E-state index in [4.69, 9.17) is 0 Å². The van der Waals surface area contributed by atoms with Crippen molar-refractivity contribution in [3.63, 3.8) is 0 Å². The second-order valence-corrected chi connectivity index (χ2v) is 6.39. The average molecular weight is 315 g/mol. The number of nitrogens with one attached hydrogen (secondary N) is 2. The predicted octanol–water partition coefficient (Wildman–Crippen LogP) is 1.87. The Morgan fingerprint density at radius 1 is 1.35 bits per heavy atom. The Morgan fingerprint density at radius 2 is 2.26 bits per heavy atom. The van der Waals surface area contributed by atoms with E-state index in [1.807, 2.05) is 28.9 Å². The largest absolute Gasteiger partial charge is 0.338 e. The van der Waals surface area contributed by atoms with Crippen molar-refractivity contribution in [1.82, 2.24) is 25.1 Å². The third kappa shape index (κ3) is 4.22. The van der Waals surface area contributed by atoms with Gasteiger partial charge in [0.1, 0.15) is 0 Å². The maximum absolute atomic E-state index is 12.0. The molecule has 0 bridgehead atoms. The lowest BCUT2D eigenvalue weighted by molar-refractivity contribution is 0.235. The Morgan fingerprint density at radius 3 is 3.17 bits per heavy atom. The van der Waals surface area contributed by atoms with Crippen LogP contribution in [0.3, 0.4) is 0 Å². The van der Waals surface area contributed by atoms with Crippen LogP contribution in [0.1, 0.15) is 24.8 Å². The number of nitrogens with zero attached hydrogens (tertiary/aromatic N) is 3. The van der Waals surface area contributed by atoms with E-state index in [1.54, 1.807) is 6.20 Å². The van der Waals surface area contributed by atoms with Crippen molar-refractivity contribution in [3.05, 3.63) is 36.2 Å². The first-order valence-electron chi connectivity index (χ1n) is 8.34. The fourth-order valence-electron chi connectivity index (χ4n) is 3.20. The summed E-state index contributed by atoms with van der Waals surface area (Å²) >= 11 is 0. The second-order valence-electron chi connectivity index (χ2n) is 6.39. The summed E-state index contributed by atoms with van der Waals surface area (Å²) in [6.07, 6.45) is 7.41. The lowest BCUT2D eigenvalue weighted by atomic mass is 10.0. The number of carbonyl (C=O) groups is 1. The normalized spacial score (nSPS) is 19.4. The first kappa shape index (κ1) is 15.8. The fourth-order valence-corrected chi connectivity index (χ4v) is 3.20. The minimum absolute atomic E-state index is 0.104. The maximum atomic E-state index is 12.0. The molecule has 0 aliphatic carbocycles. The predicted molar refractivity (Wildman–Crippen MR) is 90.3 cm³/mol. The lowest BCUT2D eigenvalue weighted by Crippen LogP contribution is -2.39. The molecule has 3 rings (SSSR count). The van der Waals surface area contributed by atoms with Crippen molar-refractivity contribution in [2.45, 2.75) is 25.8 Å². The zero-order valence-corrected chi connectivity index (χ0v) is 13.7. The van der Waals surface area contributed by atoms with Crippen LogP contribution in [0.15, 0.2) is 30.6 Å². The van der Waals surface area contributed by atoms with Crippen LogP contribution in [0.25, 0.3) is 5.52 Å². The number of carbonyl (C=O) groups excluding carboxylic acids is 1. The van der Waals surface area contributed by atoms with E-state index in [2.05, 4.69) is 27.7 Å². The van der Waals surface area contributed by atoms with Gasteiger partial charge in [0.25, 0.3) is 0 Å². The Hall–Kier alpha value is -2.08. The molecule has 1 atom stereocenters. The van der Waals surface area contributed by atoms with E-state index in [0.29, 0.717) is 12.5 Å². The summed E-state index contributed by atoms with van der Waals surface area (Å²) in [5.41, 5.74) is 2.05. The van der Waals surface area contributed by atoms with Gasteiger partial charge in [0.2, 0.25) is 0 Å². The summed E-state index contributed by atoms with van der Waals surface area (Å²) in [5, 5.41) is 10.2. The standard InChI is InChI=1S/C17H25N5O/c1-21-8-4-2-6-14(13-21)10-18-17(23)19-11-15-12-20-22-9-5-3-7-16(15)22/h3,5,7,9,12,14H,2,4,6,8,10-11,13H2,1H3,(H2,18,19,23). The van der Waals surface area contributed by atoms with Crippen molar-refractivity contribution in [2.24, 2.45) is 5.92 Å². The summed E-state index contributed by atoms with van der Waals surface area (Å²) in [4.78, 5) is 14.4. The number of likely N-dealkylation sites (tertiary alicyclic amines) is 1. The van der Waals surface area contributed by atoms with Gasteiger partial charge in [0.15, 0.2) is 0 Å². The van der Waals surface area contributed by atoms with Crippen LogP contribution < -0.4 is 10.6 Å². The summed E-state index contributed by atoms with van der Waals surface area (Å²) in [6.45, 7) is 3.46. The van der Waals surface area contributed by atoms with Crippen molar-refractivity contribution < 1.29 is 4.79 Å². The molecule has 2 aromatic heterocycles. The molecule has 0 saturated carbocycles. The summed E-state index contributed by atoms with van der Waals surface area (Å²) < 4.78 is 1.82. The quantitative estimate of drug-likeness (QED) is 0.905. The molecule has 0 aromatic carbocycles. The molecule has 2 aromatic rings. The minimum Gasteiger partial charge on any atom is -0.338 e. The zero-order valence-electron chi connectivity index (χ0n) is 13.7. The number of rotatable bonds is 4. The van der Waals surface area contributed by atoms with Gasteiger partial charge in [-0.05, 0) is 44.5 Å². The number of hydrogen-bond donors (Lipinski definition) is 2. The van der Waals surface area contributed by atoms with Gasteiger partial charge in [0, 0.05) is 31.4 Å². The Kier molecular flexibility index (Phi) is 5.12. The number of amides is 2. The topological polar surface area (TPSA) is 61.7 Å². The number of hydrogen-bond acceptors (Lipinski definition) is 3. The van der Waals surface area contributed by atoms with E-state index in [9.17, 15) is 4.79 Å². The van der Waals surface area contributed by atoms with E-state index in [-0.39, 0.29) is 6.03 Å². The summed E-state index contributed by atoms with van der Waals surface area (Å²) in [6, 6.07) is 5.81. The highest BCUT2D eigenvalue weighted by Gasteiger charge is 2.16. The van der Waals surface area contributed by atoms with Gasteiger partial charge in [0.05, 0.1) is 11.7 Å². The van der Waals surface area contributed by atoms with Crippen molar-refractivity contribution >= 4 is 11.5 Å². The molecule has 0 radical (unpaired) electrons. The smallest absolute Gasteiger partial charge is 0.315 e. The van der Waals surface area contributed by atoms with Gasteiger partial charge in [-0.2, -0.15) is 5.10 Å². The SMILES string of the molecule is CN1CCCCC(CNC(=O)NCc2cnn3ccccc23)C1. The van der Waals surface area contributed by atoms with Crippen molar-refractivity contribution in [2.75, 3.05) is 26.7 Å². The minimum atomic E-state index is -0.104. The molecule has 6 heteroatoms. The van der Waals surface area contributed by atoms with Crippen LogP contribution in [-0.2, 0) is 6.54 Å². The van der Waals surface area contributed by atoms with E-state index in [1.165, 1.54) is 19.3 Å². The highest BCUT2D eigenvalue weighted by molar-refractivity contribution is 5.74. The average Bonchev–Trinajstić information content (AvgIpc) is 2.85. The molecule has 1 aliphatic heterocycles. The maximum Gasteiger partial charge on any atom is 0.315 e. The number of pyridine rings is 1. The van der Waals surface area contributed by atoms with Crippen molar-refractivity contribution in [3.8, 4) is 0 Å². The Bertz CT molecular complexity index is 653. The summed E-state index contributed by atoms with van der Waals surface area (Å²) in [7, 11) is 2.16. The highest BCUT2D eigenvalue weighted by Crippen LogP contribution is 2.14. The fraction of sp³-hybridized carbons (Fsp3) is 0.529. The van der Waals surface area contributed by atoms with Crippen molar-refractivity contribution in [1.29, 1.82) is 0 Å². The van der Waals surface area contributed by atoms with Gasteiger partial charge < -0.3 is 15.5 Å². The molecular formula is C17H25N5O. The van der Waals surface area contributed by atoms with Crippen LogP contribution >= 0.6 is 0 Å². The zero-order chi connectivity index (χ0) is 16.1. The third-order valence-electron chi connectivity index (χ3n) is 4.47. The van der Waals surface area contributed by atoms with E-state index >= 15 is 0 Å². The molecule has 2 N–H and O–H groups in total. The third-order valence-corrected chi connectivity index (χ3v) is 4.47. The molecule has 1 unspecified atom stereocenters. The first-order chi connectivity index (χ1) is 11.2.